The maximum absolute atomic E-state index is 12.9. The average molecular weight is 567 g/mol. The van der Waals surface area contributed by atoms with Gasteiger partial charge in [0.25, 0.3) is 5.91 Å². The number of ether oxygens (including phenoxy) is 3. The summed E-state index contributed by atoms with van der Waals surface area (Å²) in [5.41, 5.74) is 1.49. The number of hydrogen-bond acceptors (Lipinski definition) is 8. The minimum absolute atomic E-state index is 0.0331. The molecule has 224 valence electrons. The molecule has 0 bridgehead atoms. The summed E-state index contributed by atoms with van der Waals surface area (Å²) in [6.45, 7) is 10.4. The number of nitrogens with zero attached hydrogens (tertiary/aromatic N) is 1. The van der Waals surface area contributed by atoms with E-state index in [9.17, 15) is 29.1 Å². The first-order valence-corrected chi connectivity index (χ1v) is 13.0. The van der Waals surface area contributed by atoms with E-state index in [0.717, 1.165) is 10.6 Å². The SMILES string of the molecule is CC(C)(C)OC(=O)N[C@@H](CC(=O)O)C(=O)NN(CCCCCNC(=O)OCc1ccccc1)C(=O)OC(C)(C)C. The van der Waals surface area contributed by atoms with Gasteiger partial charge >= 0.3 is 24.2 Å². The monoisotopic (exact) mass is 566 g/mol. The number of unbranched alkanes of at least 4 members (excludes halogenated alkanes) is 2. The van der Waals surface area contributed by atoms with E-state index in [0.29, 0.717) is 25.8 Å². The Bertz CT molecular complexity index is 988. The fourth-order valence-electron chi connectivity index (χ4n) is 3.09. The Kier molecular flexibility index (Phi) is 13.7. The van der Waals surface area contributed by atoms with Gasteiger partial charge in [0.2, 0.25) is 0 Å². The van der Waals surface area contributed by atoms with Gasteiger partial charge in [-0.15, -0.1) is 0 Å². The molecule has 0 unspecified atom stereocenters. The van der Waals surface area contributed by atoms with Gasteiger partial charge in [-0.3, -0.25) is 15.0 Å². The van der Waals surface area contributed by atoms with E-state index in [4.69, 9.17) is 14.2 Å². The van der Waals surface area contributed by atoms with E-state index >= 15 is 0 Å². The lowest BCUT2D eigenvalue weighted by Crippen LogP contribution is -2.56. The van der Waals surface area contributed by atoms with Crippen LogP contribution < -0.4 is 16.1 Å². The maximum atomic E-state index is 12.9. The fourth-order valence-corrected chi connectivity index (χ4v) is 3.09. The molecule has 0 saturated heterocycles. The molecule has 0 fully saturated rings. The number of rotatable bonds is 12. The summed E-state index contributed by atoms with van der Waals surface area (Å²) in [5.74, 6) is -2.27. The van der Waals surface area contributed by atoms with Crippen LogP contribution in [0.4, 0.5) is 14.4 Å². The highest BCUT2D eigenvalue weighted by molar-refractivity contribution is 5.90. The first-order valence-electron chi connectivity index (χ1n) is 13.0. The van der Waals surface area contributed by atoms with Crippen LogP contribution in [-0.2, 0) is 30.4 Å². The molecule has 0 aliphatic carbocycles. The molecule has 1 aromatic carbocycles. The Morgan fingerprint density at radius 3 is 2.08 bits per heavy atom. The number of carbonyl (C=O) groups excluding carboxylic acids is 4. The highest BCUT2D eigenvalue weighted by Crippen LogP contribution is 2.11. The Balaban J connectivity index is 2.65. The van der Waals surface area contributed by atoms with Gasteiger partial charge in [-0.05, 0) is 66.4 Å². The molecule has 1 atom stereocenters. The van der Waals surface area contributed by atoms with Crippen LogP contribution in [-0.4, -0.2) is 70.6 Å². The number of carboxylic acid groups (broad SMARTS) is 1. The van der Waals surface area contributed by atoms with Crippen molar-refractivity contribution in [1.29, 1.82) is 0 Å². The molecule has 13 nitrogen and oxygen atoms in total. The first-order chi connectivity index (χ1) is 18.6. The third-order valence-corrected chi connectivity index (χ3v) is 4.79. The predicted octanol–water partition coefficient (Wildman–Crippen LogP) is 3.72. The van der Waals surface area contributed by atoms with Gasteiger partial charge in [0.05, 0.1) is 6.42 Å². The molecule has 4 N–H and O–H groups in total. The van der Waals surface area contributed by atoms with Gasteiger partial charge in [-0.1, -0.05) is 30.3 Å². The molecule has 0 aliphatic heterocycles. The molecule has 1 aromatic rings. The van der Waals surface area contributed by atoms with Crippen molar-refractivity contribution < 1.29 is 43.3 Å². The second kappa shape index (κ2) is 16.2. The standard InChI is InChI=1S/C27H42N4O9/c1-26(2,3)39-24(36)29-20(17-21(32)33)22(34)30-31(25(37)40-27(4,5)6)16-12-8-11-15-28-23(35)38-18-19-13-9-7-10-14-19/h7,9-10,13-14,20H,8,11-12,15-18H2,1-6H3,(H,28,35)(H,29,36)(H,30,34)(H,32,33)/t20-/m0/s1. The molecule has 0 radical (unpaired) electrons. The minimum Gasteiger partial charge on any atom is -0.481 e. The molecule has 4 amide bonds. The van der Waals surface area contributed by atoms with Crippen LogP contribution in [0.5, 0.6) is 0 Å². The topological polar surface area (TPSA) is 173 Å². The minimum atomic E-state index is -1.51. The quantitative estimate of drug-likeness (QED) is 0.167. The number of carboxylic acids is 1. The zero-order valence-electron chi connectivity index (χ0n) is 24.1. The second-order valence-electron chi connectivity index (χ2n) is 11.0. The molecule has 13 heteroatoms. The molecular weight excluding hydrogens is 524 g/mol. The molecule has 1 rings (SSSR count). The smallest absolute Gasteiger partial charge is 0.429 e. The lowest BCUT2D eigenvalue weighted by molar-refractivity contribution is -0.140. The lowest BCUT2D eigenvalue weighted by Gasteiger charge is -2.29. The zero-order valence-corrected chi connectivity index (χ0v) is 24.1. The summed E-state index contributed by atoms with van der Waals surface area (Å²) in [5, 5.41) is 15.0. The van der Waals surface area contributed by atoms with Crippen LogP contribution in [0.2, 0.25) is 0 Å². The molecular formula is C27H42N4O9. The van der Waals surface area contributed by atoms with Gasteiger partial charge in [-0.2, -0.15) is 0 Å². The third-order valence-electron chi connectivity index (χ3n) is 4.79. The molecule has 0 heterocycles. The van der Waals surface area contributed by atoms with Crippen LogP contribution in [0.3, 0.4) is 0 Å². The summed E-state index contributed by atoms with van der Waals surface area (Å²) < 4.78 is 15.6. The molecule has 0 aliphatic rings. The number of hydrogen-bond donors (Lipinski definition) is 4. The lowest BCUT2D eigenvalue weighted by atomic mass is 10.2. The number of alkyl carbamates (subject to hydrolysis) is 2. The number of hydrazine groups is 1. The van der Waals surface area contributed by atoms with Crippen molar-refractivity contribution in [3.63, 3.8) is 0 Å². The molecule has 0 spiro atoms. The van der Waals surface area contributed by atoms with Crippen LogP contribution in [0.1, 0.15) is 72.8 Å². The van der Waals surface area contributed by atoms with Crippen LogP contribution in [0.25, 0.3) is 0 Å². The van der Waals surface area contributed by atoms with Crippen LogP contribution in [0.15, 0.2) is 30.3 Å². The van der Waals surface area contributed by atoms with E-state index < -0.39 is 53.8 Å². The van der Waals surface area contributed by atoms with Crippen molar-refractivity contribution in [1.82, 2.24) is 21.1 Å². The first kappa shape index (κ1) is 34.0. The third kappa shape index (κ3) is 16.0. The summed E-state index contributed by atoms with van der Waals surface area (Å²) in [6.07, 6.45) is -1.56. The normalized spacial score (nSPS) is 11.9. The Labute approximate surface area is 234 Å². The number of nitrogens with one attached hydrogen (secondary N) is 3. The maximum Gasteiger partial charge on any atom is 0.429 e. The van der Waals surface area contributed by atoms with E-state index in [1.807, 2.05) is 30.3 Å². The highest BCUT2D eigenvalue weighted by Gasteiger charge is 2.30. The number of benzene rings is 1. The van der Waals surface area contributed by atoms with E-state index in [1.54, 1.807) is 41.5 Å². The van der Waals surface area contributed by atoms with Crippen molar-refractivity contribution >= 4 is 30.2 Å². The van der Waals surface area contributed by atoms with E-state index in [1.165, 1.54) is 0 Å². The summed E-state index contributed by atoms with van der Waals surface area (Å²) in [7, 11) is 0. The van der Waals surface area contributed by atoms with E-state index in [2.05, 4.69) is 16.1 Å². The highest BCUT2D eigenvalue weighted by atomic mass is 16.6. The Morgan fingerprint density at radius 1 is 0.875 bits per heavy atom. The number of carbonyl (C=O) groups is 5. The second-order valence-corrected chi connectivity index (χ2v) is 11.0. The van der Waals surface area contributed by atoms with E-state index in [-0.39, 0.29) is 13.2 Å². The molecule has 0 aromatic heterocycles. The number of aliphatic carboxylic acids is 1. The zero-order chi connectivity index (χ0) is 30.3. The van der Waals surface area contributed by atoms with Crippen molar-refractivity contribution in [2.75, 3.05) is 13.1 Å². The Hall–Kier alpha value is -4.03. The summed E-state index contributed by atoms with van der Waals surface area (Å²) in [6, 6.07) is 7.75. The largest absolute Gasteiger partial charge is 0.481 e. The Morgan fingerprint density at radius 2 is 1.50 bits per heavy atom. The van der Waals surface area contributed by atoms with Crippen LogP contribution >= 0.6 is 0 Å². The van der Waals surface area contributed by atoms with Gasteiger partial charge in [0, 0.05) is 13.1 Å². The fraction of sp³-hybridized carbons (Fsp3) is 0.593. The van der Waals surface area contributed by atoms with Gasteiger partial charge in [0.1, 0.15) is 23.9 Å². The average Bonchev–Trinajstić information content (AvgIpc) is 2.81. The van der Waals surface area contributed by atoms with Gasteiger partial charge in [-0.25, -0.2) is 19.4 Å². The van der Waals surface area contributed by atoms with Crippen molar-refractivity contribution in [2.24, 2.45) is 0 Å². The van der Waals surface area contributed by atoms with Crippen LogP contribution in [0, 0.1) is 0 Å². The molecule has 40 heavy (non-hydrogen) atoms. The van der Waals surface area contributed by atoms with Crippen molar-refractivity contribution in [3.05, 3.63) is 35.9 Å². The summed E-state index contributed by atoms with van der Waals surface area (Å²) >= 11 is 0. The number of amides is 4. The summed E-state index contributed by atoms with van der Waals surface area (Å²) in [4.78, 5) is 60.9. The van der Waals surface area contributed by atoms with Gasteiger partial charge in [0.15, 0.2) is 0 Å². The van der Waals surface area contributed by atoms with Gasteiger partial charge < -0.3 is 30.0 Å². The van der Waals surface area contributed by atoms with Crippen molar-refractivity contribution in [2.45, 2.75) is 91.1 Å². The molecule has 0 saturated carbocycles. The predicted molar refractivity (Wildman–Crippen MR) is 145 cm³/mol. The van der Waals surface area contributed by atoms with Crippen molar-refractivity contribution in [3.8, 4) is 0 Å².